The lowest BCUT2D eigenvalue weighted by atomic mass is 9.98. The molecule has 1 fully saturated rings. The first-order chi connectivity index (χ1) is 23.8. The molecule has 6 aromatic rings. The number of pyridine rings is 1. The summed E-state index contributed by atoms with van der Waals surface area (Å²) in [5.41, 5.74) is 3.69. The van der Waals surface area contributed by atoms with Crippen molar-refractivity contribution in [3.8, 4) is 16.9 Å². The number of halogens is 2. The standard InChI is InChI=1S/C34H29F2N11O2/c1-44-11-10-25-31-30-20(4-2-6-24(30)43-46(31)16-29(48)42-25)23-5-3-7-28(41-23)40-19-13-27(34(44)49)45(15-19)32-21-14-39-47(33(21)38-17-37-32)26-9-8-18(35)12-22(26)36/h2-9,12,14,17,19,25,27H,10-11,13,15-16H2,1H3,(H,40,41)(H,42,48)/t19-,25?,27-/m0/s1. The highest BCUT2D eigenvalue weighted by atomic mass is 19.1. The first kappa shape index (κ1) is 29.2. The van der Waals surface area contributed by atoms with E-state index in [1.54, 1.807) is 16.6 Å². The second-order valence-electron chi connectivity index (χ2n) is 12.7. The zero-order valence-electron chi connectivity index (χ0n) is 26.2. The van der Waals surface area contributed by atoms with Crippen molar-refractivity contribution in [3.63, 3.8) is 0 Å². The Morgan fingerprint density at radius 1 is 1.00 bits per heavy atom. The number of benzene rings is 2. The molecule has 0 radical (unpaired) electrons. The van der Waals surface area contributed by atoms with Gasteiger partial charge in [-0.25, -0.2) is 28.4 Å². The minimum atomic E-state index is -0.784. The number of anilines is 2. The van der Waals surface area contributed by atoms with Crippen molar-refractivity contribution >= 4 is 45.4 Å². The van der Waals surface area contributed by atoms with Gasteiger partial charge in [-0.3, -0.25) is 14.3 Å². The first-order valence-corrected chi connectivity index (χ1v) is 16.0. The van der Waals surface area contributed by atoms with Gasteiger partial charge < -0.3 is 20.4 Å². The smallest absolute Gasteiger partial charge is 0.245 e. The normalized spacial score (nSPS) is 20.7. The average Bonchev–Trinajstić information content (AvgIpc) is 3.81. The fourth-order valence-electron chi connectivity index (χ4n) is 7.41. The van der Waals surface area contributed by atoms with Gasteiger partial charge in [-0.15, -0.1) is 0 Å². The van der Waals surface area contributed by atoms with Gasteiger partial charge in [0.25, 0.3) is 0 Å². The van der Waals surface area contributed by atoms with Crippen LogP contribution in [-0.2, 0) is 16.1 Å². The van der Waals surface area contributed by atoms with Crippen LogP contribution in [-0.4, -0.2) is 83.4 Å². The van der Waals surface area contributed by atoms with Crippen molar-refractivity contribution in [2.24, 2.45) is 0 Å². The zero-order valence-corrected chi connectivity index (χ0v) is 26.2. The van der Waals surface area contributed by atoms with Crippen molar-refractivity contribution in [3.05, 3.63) is 84.4 Å². The van der Waals surface area contributed by atoms with Gasteiger partial charge in [-0.1, -0.05) is 18.2 Å². The maximum absolute atomic E-state index is 14.8. The van der Waals surface area contributed by atoms with Gasteiger partial charge in [0.15, 0.2) is 11.5 Å². The third-order valence-electron chi connectivity index (χ3n) is 9.61. The summed E-state index contributed by atoms with van der Waals surface area (Å²) in [6.45, 7) is 0.887. The van der Waals surface area contributed by atoms with Crippen LogP contribution in [0.25, 0.3) is 38.9 Å². The lowest BCUT2D eigenvalue weighted by Crippen LogP contribution is -2.46. The Morgan fingerprint density at radius 3 is 2.76 bits per heavy atom. The number of rotatable bonds is 2. The Bertz CT molecular complexity index is 2320. The predicted molar refractivity (Wildman–Crippen MR) is 176 cm³/mol. The van der Waals surface area contributed by atoms with E-state index in [0.717, 1.165) is 40.0 Å². The summed E-state index contributed by atoms with van der Waals surface area (Å²) < 4.78 is 31.5. The lowest BCUT2D eigenvalue weighted by Gasteiger charge is -2.31. The molecule has 4 bridgehead atoms. The molecular formula is C34H29F2N11O2. The molecule has 0 saturated carbocycles. The number of nitrogens with zero attached hydrogens (tertiary/aromatic N) is 9. The van der Waals surface area contributed by atoms with Crippen LogP contribution in [0.3, 0.4) is 0 Å². The third kappa shape index (κ3) is 4.75. The molecule has 3 aliphatic rings. The molecule has 3 atom stereocenters. The fraction of sp³-hybridized carbons (Fsp3) is 0.265. The van der Waals surface area contributed by atoms with Crippen LogP contribution >= 0.6 is 0 Å². The van der Waals surface area contributed by atoms with Crippen LogP contribution in [0.5, 0.6) is 0 Å². The molecule has 4 aromatic heterocycles. The molecule has 2 aromatic carbocycles. The van der Waals surface area contributed by atoms with Crippen LogP contribution in [0.4, 0.5) is 20.4 Å². The molecule has 1 unspecified atom stereocenters. The second kappa shape index (κ2) is 11.0. The highest BCUT2D eigenvalue weighted by Crippen LogP contribution is 2.37. The molecular weight excluding hydrogens is 632 g/mol. The molecule has 1 saturated heterocycles. The minimum Gasteiger partial charge on any atom is -0.365 e. The van der Waals surface area contributed by atoms with Crippen LogP contribution in [0.1, 0.15) is 24.6 Å². The van der Waals surface area contributed by atoms with Crippen LogP contribution in [0, 0.1) is 11.6 Å². The number of hydrogen-bond acceptors (Lipinski definition) is 9. The van der Waals surface area contributed by atoms with E-state index in [1.165, 1.54) is 23.3 Å². The topological polar surface area (TPSA) is 139 Å². The molecule has 0 spiro atoms. The fourth-order valence-corrected chi connectivity index (χ4v) is 7.41. The van der Waals surface area contributed by atoms with E-state index in [0.29, 0.717) is 48.6 Å². The van der Waals surface area contributed by atoms with Gasteiger partial charge in [0.05, 0.1) is 34.5 Å². The number of nitrogens with one attached hydrogen (secondary N) is 2. The number of fused-ring (bicyclic) bond motifs is 6. The summed E-state index contributed by atoms with van der Waals surface area (Å²) in [6, 6.07) is 13.8. The Hall–Kier alpha value is -5.99. The molecule has 9 rings (SSSR count). The summed E-state index contributed by atoms with van der Waals surface area (Å²) in [6.07, 6.45) is 3.81. The first-order valence-electron chi connectivity index (χ1n) is 16.0. The van der Waals surface area contributed by atoms with Gasteiger partial charge in [-0.2, -0.15) is 10.2 Å². The Balaban J connectivity index is 1.14. The van der Waals surface area contributed by atoms with E-state index < -0.39 is 17.7 Å². The average molecular weight is 662 g/mol. The SMILES string of the molecule is CN1CCC2NC(=O)Cn3nc4cccc(c4c32)-c2cccc(n2)N[C@H]2C[C@@H](C1=O)N(c1ncnc3c1cnn3-c1ccc(F)cc1F)C2. The molecule has 2 amide bonds. The monoisotopic (exact) mass is 661 g/mol. The molecule has 3 aliphatic heterocycles. The largest absolute Gasteiger partial charge is 0.365 e. The maximum Gasteiger partial charge on any atom is 0.245 e. The van der Waals surface area contributed by atoms with Crippen LogP contribution in [0.15, 0.2) is 67.1 Å². The van der Waals surface area contributed by atoms with E-state index >= 15 is 0 Å². The van der Waals surface area contributed by atoms with Crippen LogP contribution < -0.4 is 15.5 Å². The van der Waals surface area contributed by atoms with E-state index in [9.17, 15) is 18.4 Å². The van der Waals surface area contributed by atoms with Gasteiger partial charge >= 0.3 is 0 Å². The van der Waals surface area contributed by atoms with Gasteiger partial charge in [0, 0.05) is 43.2 Å². The number of carbonyl (C=O) groups excluding carboxylic acids is 2. The van der Waals surface area contributed by atoms with E-state index in [2.05, 4.69) is 25.7 Å². The van der Waals surface area contributed by atoms with Crippen molar-refractivity contribution < 1.29 is 18.4 Å². The Kier molecular flexibility index (Phi) is 6.57. The summed E-state index contributed by atoms with van der Waals surface area (Å²) in [7, 11) is 1.76. The molecule has 2 N–H and O–H groups in total. The lowest BCUT2D eigenvalue weighted by molar-refractivity contribution is -0.131. The predicted octanol–water partition coefficient (Wildman–Crippen LogP) is 3.60. The number of hydrogen-bond donors (Lipinski definition) is 2. The number of amides is 2. The highest BCUT2D eigenvalue weighted by Gasteiger charge is 2.41. The van der Waals surface area contributed by atoms with E-state index in [-0.39, 0.29) is 36.1 Å². The Morgan fingerprint density at radius 2 is 1.88 bits per heavy atom. The number of likely N-dealkylation sites (N-methyl/N-ethyl adjacent to an activating group) is 1. The summed E-state index contributed by atoms with van der Waals surface area (Å²) in [5.74, 6) is -0.623. The zero-order chi connectivity index (χ0) is 33.4. The number of aromatic nitrogens is 7. The molecule has 0 aliphatic carbocycles. The van der Waals surface area contributed by atoms with Crippen molar-refractivity contribution in [1.82, 2.24) is 44.7 Å². The second-order valence-corrected chi connectivity index (χ2v) is 12.7. The molecule has 246 valence electrons. The molecule has 7 heterocycles. The number of carbonyl (C=O) groups is 2. The van der Waals surface area contributed by atoms with Gasteiger partial charge in [-0.05, 0) is 43.2 Å². The van der Waals surface area contributed by atoms with Crippen molar-refractivity contribution in [2.75, 3.05) is 30.4 Å². The van der Waals surface area contributed by atoms with E-state index in [4.69, 9.17) is 10.1 Å². The summed E-state index contributed by atoms with van der Waals surface area (Å²) >= 11 is 0. The highest BCUT2D eigenvalue weighted by molar-refractivity contribution is 5.98. The van der Waals surface area contributed by atoms with Gasteiger partial charge in [0.1, 0.15) is 42.1 Å². The van der Waals surface area contributed by atoms with Crippen molar-refractivity contribution in [2.45, 2.75) is 37.5 Å². The quantitative estimate of drug-likeness (QED) is 0.285. The molecule has 15 heteroatoms. The van der Waals surface area contributed by atoms with Crippen LogP contribution in [0.2, 0.25) is 0 Å². The third-order valence-corrected chi connectivity index (χ3v) is 9.61. The molecule has 13 nitrogen and oxygen atoms in total. The van der Waals surface area contributed by atoms with Crippen molar-refractivity contribution in [1.29, 1.82) is 0 Å². The minimum absolute atomic E-state index is 0.0387. The maximum atomic E-state index is 14.8. The van der Waals surface area contributed by atoms with Gasteiger partial charge in [0.2, 0.25) is 11.8 Å². The summed E-state index contributed by atoms with van der Waals surface area (Å²) in [5, 5.41) is 17.3. The Labute approximate surface area is 277 Å². The van der Waals surface area contributed by atoms with E-state index in [1.807, 2.05) is 41.3 Å². The molecule has 49 heavy (non-hydrogen) atoms. The summed E-state index contributed by atoms with van der Waals surface area (Å²) in [4.78, 5) is 44.7.